The molecule has 3 N–H and O–H groups in total. The molecule has 0 aromatic carbocycles. The van der Waals surface area contributed by atoms with Gasteiger partial charge in [-0.25, -0.2) is 4.98 Å². The van der Waals surface area contributed by atoms with E-state index in [0.717, 1.165) is 4.88 Å². The number of nitrogens with zero attached hydrogens (tertiary/aromatic N) is 1. The van der Waals surface area contributed by atoms with Crippen molar-refractivity contribution < 1.29 is 4.79 Å². The van der Waals surface area contributed by atoms with Crippen LogP contribution in [-0.2, 0) is 4.79 Å². The molecule has 1 rings (SSSR count). The molecule has 1 amide bonds. The number of hydrogen-bond donors (Lipinski definition) is 2. The van der Waals surface area contributed by atoms with Crippen molar-refractivity contribution in [2.24, 2.45) is 11.7 Å². The van der Waals surface area contributed by atoms with Crippen molar-refractivity contribution in [1.82, 2.24) is 4.98 Å². The van der Waals surface area contributed by atoms with E-state index in [2.05, 4.69) is 22.1 Å². The maximum atomic E-state index is 11.3. The second-order valence-electron chi connectivity index (χ2n) is 3.18. The van der Waals surface area contributed by atoms with Crippen LogP contribution in [0.3, 0.4) is 0 Å². The quantitative estimate of drug-likeness (QED) is 0.736. The van der Waals surface area contributed by atoms with Crippen LogP contribution in [0.25, 0.3) is 0 Å². The first-order valence-corrected chi connectivity index (χ1v) is 5.40. The summed E-state index contributed by atoms with van der Waals surface area (Å²) in [7, 11) is 0. The summed E-state index contributed by atoms with van der Waals surface area (Å²) in [5.74, 6) is 5.50. The number of hydrogen-bond acceptors (Lipinski definition) is 4. The molecule has 0 aliphatic rings. The zero-order valence-electron chi connectivity index (χ0n) is 8.70. The Labute approximate surface area is 92.9 Å². The zero-order valence-corrected chi connectivity index (χ0v) is 9.52. The fourth-order valence-corrected chi connectivity index (χ4v) is 1.47. The van der Waals surface area contributed by atoms with Crippen LogP contribution in [0.15, 0.2) is 6.20 Å². The summed E-state index contributed by atoms with van der Waals surface area (Å²) in [5, 5.41) is 3.29. The minimum atomic E-state index is -0.0486. The number of amides is 1. The molecule has 4 nitrogen and oxygen atoms in total. The Hall–Kier alpha value is -1.38. The first-order chi connectivity index (χ1) is 7.13. The molecule has 0 fully saturated rings. The first kappa shape index (κ1) is 11.7. The average Bonchev–Trinajstić information content (AvgIpc) is 2.62. The van der Waals surface area contributed by atoms with E-state index in [9.17, 15) is 4.79 Å². The van der Waals surface area contributed by atoms with Gasteiger partial charge in [-0.3, -0.25) is 4.79 Å². The van der Waals surface area contributed by atoms with Gasteiger partial charge in [0, 0.05) is 5.92 Å². The lowest BCUT2D eigenvalue weighted by molar-refractivity contribution is -0.118. The third-order valence-electron chi connectivity index (χ3n) is 1.57. The molecule has 80 valence electrons. The average molecular weight is 223 g/mol. The lowest BCUT2D eigenvalue weighted by atomic mass is 10.2. The van der Waals surface area contributed by atoms with Crippen molar-refractivity contribution >= 4 is 22.4 Å². The zero-order chi connectivity index (χ0) is 11.3. The van der Waals surface area contributed by atoms with Gasteiger partial charge in [0.15, 0.2) is 5.13 Å². The third kappa shape index (κ3) is 3.70. The van der Waals surface area contributed by atoms with E-state index in [0.29, 0.717) is 11.7 Å². The summed E-state index contributed by atoms with van der Waals surface area (Å²) in [6, 6.07) is 0. The number of rotatable bonds is 2. The summed E-state index contributed by atoms with van der Waals surface area (Å²) in [6.45, 7) is 3.99. The van der Waals surface area contributed by atoms with Crippen LogP contribution >= 0.6 is 11.3 Å². The van der Waals surface area contributed by atoms with Gasteiger partial charge in [-0.2, -0.15) is 0 Å². The number of nitrogens with one attached hydrogen (secondary N) is 1. The van der Waals surface area contributed by atoms with Crippen LogP contribution in [-0.4, -0.2) is 17.4 Å². The molecular formula is C10H13N3OS. The second-order valence-corrected chi connectivity index (χ2v) is 4.21. The van der Waals surface area contributed by atoms with Gasteiger partial charge in [-0.15, -0.1) is 0 Å². The van der Waals surface area contributed by atoms with Crippen molar-refractivity contribution in [3.05, 3.63) is 11.1 Å². The highest BCUT2D eigenvalue weighted by molar-refractivity contribution is 7.16. The Morgan fingerprint density at radius 3 is 3.07 bits per heavy atom. The van der Waals surface area contributed by atoms with Crippen LogP contribution in [0.1, 0.15) is 18.7 Å². The van der Waals surface area contributed by atoms with Crippen molar-refractivity contribution in [2.45, 2.75) is 13.8 Å². The number of nitrogens with two attached hydrogens (primary N) is 1. The van der Waals surface area contributed by atoms with E-state index in [-0.39, 0.29) is 11.8 Å². The number of carbonyl (C=O) groups is 1. The number of anilines is 1. The monoisotopic (exact) mass is 223 g/mol. The topological polar surface area (TPSA) is 68.0 Å². The predicted molar refractivity (Wildman–Crippen MR) is 61.5 cm³/mol. The molecule has 0 aliphatic heterocycles. The second kappa shape index (κ2) is 5.49. The Morgan fingerprint density at radius 1 is 1.73 bits per heavy atom. The number of aromatic nitrogens is 1. The number of carbonyl (C=O) groups excluding carboxylic acids is 1. The molecular weight excluding hydrogens is 210 g/mol. The molecule has 0 atom stereocenters. The highest BCUT2D eigenvalue weighted by Gasteiger charge is 2.09. The fourth-order valence-electron chi connectivity index (χ4n) is 0.778. The van der Waals surface area contributed by atoms with E-state index in [4.69, 9.17) is 5.73 Å². The molecule has 0 aliphatic carbocycles. The summed E-state index contributed by atoms with van der Waals surface area (Å²) >= 11 is 1.35. The summed E-state index contributed by atoms with van der Waals surface area (Å²) in [6.07, 6.45) is 1.63. The lowest BCUT2D eigenvalue weighted by Crippen LogP contribution is -2.17. The summed E-state index contributed by atoms with van der Waals surface area (Å²) in [5.41, 5.74) is 5.24. The Kier molecular flexibility index (Phi) is 4.28. The van der Waals surface area contributed by atoms with E-state index in [1.807, 2.05) is 13.8 Å². The van der Waals surface area contributed by atoms with Gasteiger partial charge < -0.3 is 11.1 Å². The normalized spacial score (nSPS) is 9.60. The van der Waals surface area contributed by atoms with Gasteiger partial charge in [0.25, 0.3) is 0 Å². The van der Waals surface area contributed by atoms with E-state index >= 15 is 0 Å². The highest BCUT2D eigenvalue weighted by atomic mass is 32.1. The molecule has 0 radical (unpaired) electrons. The minimum absolute atomic E-state index is 0.0392. The first-order valence-electron chi connectivity index (χ1n) is 4.59. The van der Waals surface area contributed by atoms with Crippen molar-refractivity contribution in [2.75, 3.05) is 11.9 Å². The third-order valence-corrected chi connectivity index (χ3v) is 2.40. The standard InChI is InChI=1S/C10H13N3OS/c1-7(2)9(14)13-10-12-6-8(15-10)4-3-5-11/h6-7H,5,11H2,1-2H3,(H,12,13,14). The SMILES string of the molecule is CC(C)C(=O)Nc1ncc(C#CCN)s1. The van der Waals surface area contributed by atoms with Gasteiger partial charge in [-0.05, 0) is 0 Å². The highest BCUT2D eigenvalue weighted by Crippen LogP contribution is 2.17. The lowest BCUT2D eigenvalue weighted by Gasteiger charge is -2.02. The Balaban J connectivity index is 2.64. The molecule has 1 aromatic rings. The van der Waals surface area contributed by atoms with Crippen molar-refractivity contribution in [3.8, 4) is 11.8 Å². The van der Waals surface area contributed by atoms with Gasteiger partial charge in [0.05, 0.1) is 17.6 Å². The molecule has 15 heavy (non-hydrogen) atoms. The minimum Gasteiger partial charge on any atom is -0.320 e. The molecule has 0 spiro atoms. The molecule has 0 saturated carbocycles. The maximum Gasteiger partial charge on any atom is 0.228 e. The number of thiazole rings is 1. The van der Waals surface area contributed by atoms with Crippen LogP contribution in [0.5, 0.6) is 0 Å². The Morgan fingerprint density at radius 2 is 2.47 bits per heavy atom. The molecule has 0 bridgehead atoms. The van der Waals surface area contributed by atoms with E-state index in [1.165, 1.54) is 11.3 Å². The van der Waals surface area contributed by atoms with Gasteiger partial charge in [-0.1, -0.05) is 37.0 Å². The van der Waals surface area contributed by atoms with Crippen LogP contribution in [0, 0.1) is 17.8 Å². The molecule has 1 aromatic heterocycles. The molecule has 5 heteroatoms. The maximum absolute atomic E-state index is 11.3. The van der Waals surface area contributed by atoms with Crippen LogP contribution < -0.4 is 11.1 Å². The Bertz CT molecular complexity index is 400. The summed E-state index contributed by atoms with van der Waals surface area (Å²) < 4.78 is 0. The van der Waals surface area contributed by atoms with E-state index < -0.39 is 0 Å². The van der Waals surface area contributed by atoms with Gasteiger partial charge in [0.1, 0.15) is 0 Å². The largest absolute Gasteiger partial charge is 0.320 e. The van der Waals surface area contributed by atoms with Crippen LogP contribution in [0.4, 0.5) is 5.13 Å². The van der Waals surface area contributed by atoms with E-state index in [1.54, 1.807) is 6.20 Å². The predicted octanol–water partition coefficient (Wildman–Crippen LogP) is 1.05. The van der Waals surface area contributed by atoms with Gasteiger partial charge in [0.2, 0.25) is 5.91 Å². The molecule has 0 unspecified atom stereocenters. The summed E-state index contributed by atoms with van der Waals surface area (Å²) in [4.78, 5) is 16.2. The molecule has 1 heterocycles. The molecule has 0 saturated heterocycles. The van der Waals surface area contributed by atoms with Crippen molar-refractivity contribution in [1.29, 1.82) is 0 Å². The van der Waals surface area contributed by atoms with Gasteiger partial charge >= 0.3 is 0 Å². The smallest absolute Gasteiger partial charge is 0.228 e. The fraction of sp³-hybridized carbons (Fsp3) is 0.400. The van der Waals surface area contributed by atoms with Crippen LogP contribution in [0.2, 0.25) is 0 Å². The van der Waals surface area contributed by atoms with Crippen molar-refractivity contribution in [3.63, 3.8) is 0 Å².